The molecule has 1 aromatic rings. The maximum absolute atomic E-state index is 12.1. The predicted molar refractivity (Wildman–Crippen MR) is 95.3 cm³/mol. The largest absolute Gasteiger partial charge is 0.324 e. The molecule has 1 fully saturated rings. The molecule has 1 atom stereocenters. The zero-order chi connectivity index (χ0) is 15.9. The lowest BCUT2D eigenvalue weighted by Crippen LogP contribution is -2.35. The molecule has 2 rings (SSSR count). The monoisotopic (exact) mass is 321 g/mol. The zero-order valence-corrected chi connectivity index (χ0v) is 14.4. The van der Waals surface area contributed by atoms with Crippen LogP contribution in [0.15, 0.2) is 18.2 Å². The second-order valence-corrected chi connectivity index (χ2v) is 7.15. The van der Waals surface area contributed by atoms with Gasteiger partial charge in [-0.1, -0.05) is 25.5 Å². The molecular weight excluding hydrogens is 294 g/mol. The maximum Gasteiger partial charge on any atom is 0.241 e. The highest BCUT2D eigenvalue weighted by Gasteiger charge is 2.15. The van der Waals surface area contributed by atoms with E-state index in [9.17, 15) is 4.79 Å². The molecule has 0 aromatic heterocycles. The average Bonchev–Trinajstić information content (AvgIpc) is 2.52. The number of hydrogen-bond donors (Lipinski definition) is 2. The van der Waals surface area contributed by atoms with Gasteiger partial charge in [0, 0.05) is 36.8 Å². The van der Waals surface area contributed by atoms with E-state index in [2.05, 4.69) is 28.4 Å². The van der Waals surface area contributed by atoms with Crippen molar-refractivity contribution in [3.63, 3.8) is 0 Å². The van der Waals surface area contributed by atoms with Gasteiger partial charge in [-0.15, -0.1) is 0 Å². The Hall–Kier alpha value is -1.04. The van der Waals surface area contributed by atoms with Crippen LogP contribution in [0.4, 0.5) is 5.69 Å². The van der Waals surface area contributed by atoms with Gasteiger partial charge >= 0.3 is 0 Å². The summed E-state index contributed by atoms with van der Waals surface area (Å²) >= 11 is 2.02. The third-order valence-corrected chi connectivity index (χ3v) is 4.95. The van der Waals surface area contributed by atoms with Crippen molar-refractivity contribution in [3.8, 4) is 0 Å². The number of nitrogens with zero attached hydrogens (tertiary/aromatic N) is 1. The zero-order valence-electron chi connectivity index (χ0n) is 13.6. The Morgan fingerprint density at radius 1 is 1.41 bits per heavy atom. The van der Waals surface area contributed by atoms with E-state index in [4.69, 9.17) is 5.73 Å². The van der Waals surface area contributed by atoms with E-state index < -0.39 is 6.04 Å². The first-order chi connectivity index (χ1) is 10.6. The summed E-state index contributed by atoms with van der Waals surface area (Å²) in [5.74, 6) is 2.33. The Labute approximate surface area is 137 Å². The molecule has 1 aliphatic heterocycles. The van der Waals surface area contributed by atoms with Crippen LogP contribution in [0.2, 0.25) is 0 Å². The minimum Gasteiger partial charge on any atom is -0.324 e. The van der Waals surface area contributed by atoms with Crippen molar-refractivity contribution >= 4 is 23.4 Å². The number of carbonyl (C=O) groups excluding carboxylic acids is 1. The first-order valence-electron chi connectivity index (χ1n) is 8.06. The van der Waals surface area contributed by atoms with Gasteiger partial charge < -0.3 is 11.1 Å². The molecular formula is C17H27N3OS. The van der Waals surface area contributed by atoms with Crippen LogP contribution in [0.1, 0.15) is 30.9 Å². The van der Waals surface area contributed by atoms with Gasteiger partial charge in [0.1, 0.15) is 0 Å². The molecule has 1 saturated heterocycles. The van der Waals surface area contributed by atoms with Gasteiger partial charge in [-0.05, 0) is 30.5 Å². The van der Waals surface area contributed by atoms with E-state index in [0.29, 0.717) is 0 Å². The second kappa shape index (κ2) is 8.56. The van der Waals surface area contributed by atoms with Crippen molar-refractivity contribution in [3.05, 3.63) is 29.3 Å². The van der Waals surface area contributed by atoms with Crippen LogP contribution < -0.4 is 11.1 Å². The summed E-state index contributed by atoms with van der Waals surface area (Å²) in [6, 6.07) is 5.90. The third kappa shape index (κ3) is 5.00. The van der Waals surface area contributed by atoms with Gasteiger partial charge in [-0.25, -0.2) is 0 Å². The lowest BCUT2D eigenvalue weighted by Gasteiger charge is -2.26. The summed E-state index contributed by atoms with van der Waals surface area (Å²) in [6.07, 6.45) is 1.64. The number of thioether (sulfide) groups is 1. The molecule has 0 spiro atoms. The van der Waals surface area contributed by atoms with Crippen LogP contribution in [0, 0.1) is 6.92 Å². The van der Waals surface area contributed by atoms with Crippen LogP contribution in [0.5, 0.6) is 0 Å². The van der Waals surface area contributed by atoms with E-state index in [1.807, 2.05) is 25.6 Å². The van der Waals surface area contributed by atoms with Crippen LogP contribution in [-0.2, 0) is 11.3 Å². The molecule has 122 valence electrons. The van der Waals surface area contributed by atoms with Crippen LogP contribution in [-0.4, -0.2) is 41.4 Å². The fraction of sp³-hybridized carbons (Fsp3) is 0.588. The fourth-order valence-corrected chi connectivity index (χ4v) is 3.57. The van der Waals surface area contributed by atoms with Gasteiger partial charge in [0.2, 0.25) is 5.91 Å². The first-order valence-corrected chi connectivity index (χ1v) is 9.21. The Kier molecular flexibility index (Phi) is 6.73. The van der Waals surface area contributed by atoms with Crippen molar-refractivity contribution in [1.82, 2.24) is 4.90 Å². The molecule has 0 saturated carbocycles. The molecule has 0 aliphatic carbocycles. The molecule has 1 heterocycles. The minimum absolute atomic E-state index is 0.0866. The number of benzene rings is 1. The molecule has 22 heavy (non-hydrogen) atoms. The average molecular weight is 321 g/mol. The number of hydrogen-bond acceptors (Lipinski definition) is 4. The number of aryl methyl sites for hydroxylation is 1. The molecule has 0 radical (unpaired) electrons. The van der Waals surface area contributed by atoms with Crippen LogP contribution >= 0.6 is 11.8 Å². The highest BCUT2D eigenvalue weighted by molar-refractivity contribution is 7.99. The van der Waals surface area contributed by atoms with Crippen molar-refractivity contribution in [1.29, 1.82) is 0 Å². The molecule has 5 heteroatoms. The van der Waals surface area contributed by atoms with Crippen molar-refractivity contribution in [2.45, 2.75) is 39.3 Å². The Bertz CT molecular complexity index is 501. The molecule has 0 bridgehead atoms. The van der Waals surface area contributed by atoms with Gasteiger partial charge in [-0.2, -0.15) is 11.8 Å². The standard InChI is InChI=1S/C17H27N3OS/c1-3-4-15(18)17(21)19-16-11-14(6-5-13(16)2)12-20-7-9-22-10-8-20/h5-6,11,15H,3-4,7-10,12,18H2,1-2H3,(H,19,21). The van der Waals surface area contributed by atoms with E-state index in [1.165, 1.54) is 17.1 Å². The number of nitrogens with one attached hydrogen (secondary N) is 1. The summed E-state index contributed by atoms with van der Waals surface area (Å²) in [6.45, 7) is 7.28. The topological polar surface area (TPSA) is 58.4 Å². The summed E-state index contributed by atoms with van der Waals surface area (Å²) in [5.41, 5.74) is 9.11. The molecule has 4 nitrogen and oxygen atoms in total. The number of anilines is 1. The van der Waals surface area contributed by atoms with Gasteiger partial charge in [0.25, 0.3) is 0 Å². The minimum atomic E-state index is -0.424. The van der Waals surface area contributed by atoms with Crippen molar-refractivity contribution < 1.29 is 4.79 Å². The molecule has 1 aromatic carbocycles. The molecule has 1 aliphatic rings. The maximum atomic E-state index is 12.1. The third-order valence-electron chi connectivity index (χ3n) is 4.01. The van der Waals surface area contributed by atoms with Gasteiger partial charge in [0.05, 0.1) is 6.04 Å². The van der Waals surface area contributed by atoms with E-state index in [-0.39, 0.29) is 5.91 Å². The SMILES string of the molecule is CCCC(N)C(=O)Nc1cc(CN2CCSCC2)ccc1C. The number of carbonyl (C=O) groups is 1. The summed E-state index contributed by atoms with van der Waals surface area (Å²) in [4.78, 5) is 14.6. The van der Waals surface area contributed by atoms with E-state index in [1.54, 1.807) is 0 Å². The first kappa shape index (κ1) is 17.3. The highest BCUT2D eigenvalue weighted by Crippen LogP contribution is 2.20. The lowest BCUT2D eigenvalue weighted by atomic mass is 10.1. The van der Waals surface area contributed by atoms with E-state index >= 15 is 0 Å². The summed E-state index contributed by atoms with van der Waals surface area (Å²) in [5, 5.41) is 2.99. The molecule has 1 unspecified atom stereocenters. The quantitative estimate of drug-likeness (QED) is 0.845. The van der Waals surface area contributed by atoms with Gasteiger partial charge in [0.15, 0.2) is 0 Å². The normalized spacial score (nSPS) is 17.2. The van der Waals surface area contributed by atoms with Crippen molar-refractivity contribution in [2.24, 2.45) is 5.73 Å². The summed E-state index contributed by atoms with van der Waals surface area (Å²) in [7, 11) is 0. The molecule has 1 amide bonds. The Morgan fingerprint density at radius 2 is 2.14 bits per heavy atom. The smallest absolute Gasteiger partial charge is 0.241 e. The number of rotatable bonds is 6. The Balaban J connectivity index is 2.01. The lowest BCUT2D eigenvalue weighted by molar-refractivity contribution is -0.117. The fourth-order valence-electron chi connectivity index (χ4n) is 2.59. The number of nitrogens with two attached hydrogens (primary N) is 1. The Morgan fingerprint density at radius 3 is 2.82 bits per heavy atom. The predicted octanol–water partition coefficient (Wildman–Crippen LogP) is 2.61. The van der Waals surface area contributed by atoms with Gasteiger partial charge in [-0.3, -0.25) is 9.69 Å². The second-order valence-electron chi connectivity index (χ2n) is 5.92. The highest BCUT2D eigenvalue weighted by atomic mass is 32.2. The van der Waals surface area contributed by atoms with Crippen LogP contribution in [0.3, 0.4) is 0 Å². The molecule has 3 N–H and O–H groups in total. The van der Waals surface area contributed by atoms with E-state index in [0.717, 1.165) is 43.7 Å². The van der Waals surface area contributed by atoms with Crippen molar-refractivity contribution in [2.75, 3.05) is 29.9 Å². The number of amides is 1. The summed E-state index contributed by atoms with van der Waals surface area (Å²) < 4.78 is 0. The van der Waals surface area contributed by atoms with Crippen LogP contribution in [0.25, 0.3) is 0 Å².